The highest BCUT2D eigenvalue weighted by atomic mass is 32.2. The average molecular weight is 441 g/mol. The summed E-state index contributed by atoms with van der Waals surface area (Å²) in [4.78, 5) is 12.8. The van der Waals surface area contributed by atoms with Gasteiger partial charge in [0.1, 0.15) is 16.5 Å². The number of sulfonamides is 1. The number of hydrogen-bond donors (Lipinski definition) is 1. The summed E-state index contributed by atoms with van der Waals surface area (Å²) < 4.78 is 53.5. The Kier molecular flexibility index (Phi) is 7.26. The normalized spacial score (nSPS) is 14.8. The van der Waals surface area contributed by atoms with Crippen LogP contribution in [0.1, 0.15) is 29.6 Å². The van der Waals surface area contributed by atoms with Gasteiger partial charge in [-0.2, -0.15) is 4.31 Å². The van der Waals surface area contributed by atoms with Gasteiger partial charge in [0.15, 0.2) is 0 Å². The van der Waals surface area contributed by atoms with E-state index < -0.39 is 26.6 Å². The number of halogens is 2. The van der Waals surface area contributed by atoms with Gasteiger partial charge in [-0.25, -0.2) is 17.2 Å². The summed E-state index contributed by atoms with van der Waals surface area (Å²) in [5, 5.41) is 2.72. The zero-order valence-corrected chi connectivity index (χ0v) is 17.4. The van der Waals surface area contributed by atoms with Crippen LogP contribution in [0.3, 0.4) is 0 Å². The molecule has 0 atom stereocenters. The molecule has 2 aromatic rings. The molecule has 1 aliphatic heterocycles. The van der Waals surface area contributed by atoms with E-state index in [9.17, 15) is 22.0 Å². The van der Waals surface area contributed by atoms with Crippen LogP contribution in [-0.4, -0.2) is 44.0 Å². The summed E-state index contributed by atoms with van der Waals surface area (Å²) in [6.45, 7) is 1.12. The Morgan fingerprint density at radius 3 is 2.45 bits per heavy atom. The second-order valence-electron chi connectivity index (χ2n) is 6.67. The minimum absolute atomic E-state index is 0.107. The monoisotopic (exact) mass is 440 g/mol. The molecular formula is C20H22F2N2O3S2. The molecule has 9 heteroatoms. The quantitative estimate of drug-likeness (QED) is 0.503. The van der Waals surface area contributed by atoms with E-state index in [1.54, 1.807) is 23.9 Å². The molecule has 0 unspecified atom stereocenters. The molecule has 1 heterocycles. The maximum Gasteiger partial charge on any atom is 0.251 e. The molecule has 1 fully saturated rings. The van der Waals surface area contributed by atoms with Crippen molar-refractivity contribution in [1.29, 1.82) is 0 Å². The number of carbonyl (C=O) groups excluding carboxylic acids is 1. The van der Waals surface area contributed by atoms with Crippen LogP contribution in [0.15, 0.2) is 52.3 Å². The van der Waals surface area contributed by atoms with Gasteiger partial charge in [-0.05, 0) is 67.5 Å². The molecule has 156 valence electrons. The molecule has 1 amide bonds. The summed E-state index contributed by atoms with van der Waals surface area (Å²) >= 11 is 1.55. The number of benzene rings is 2. The fourth-order valence-electron chi connectivity index (χ4n) is 3.01. The number of rotatable bonds is 8. The standard InChI is InChI=1S/C20H22F2N2O3S2/c21-16-5-7-17(8-6-16)28-13-3-10-23-20(25)15-4-9-18(22)19(14-15)29(26,27)24-11-1-2-12-24/h4-9,14H,1-3,10-13H2,(H,23,25). The molecule has 3 rings (SSSR count). The van der Waals surface area contributed by atoms with Crippen molar-refractivity contribution in [3.63, 3.8) is 0 Å². The number of hydrogen-bond acceptors (Lipinski definition) is 4. The summed E-state index contributed by atoms with van der Waals surface area (Å²) in [5.41, 5.74) is 0.107. The van der Waals surface area contributed by atoms with Gasteiger partial charge < -0.3 is 5.32 Å². The lowest BCUT2D eigenvalue weighted by molar-refractivity contribution is 0.0953. The van der Waals surface area contributed by atoms with E-state index in [0.29, 0.717) is 26.1 Å². The first-order chi connectivity index (χ1) is 13.9. The van der Waals surface area contributed by atoms with Crippen LogP contribution in [0.2, 0.25) is 0 Å². The predicted octanol–water partition coefficient (Wildman–Crippen LogP) is 3.66. The van der Waals surface area contributed by atoms with Gasteiger partial charge in [-0.1, -0.05) is 0 Å². The van der Waals surface area contributed by atoms with E-state index in [0.717, 1.165) is 35.6 Å². The number of nitrogens with one attached hydrogen (secondary N) is 1. The lowest BCUT2D eigenvalue weighted by Crippen LogP contribution is -2.29. The predicted molar refractivity (Wildman–Crippen MR) is 108 cm³/mol. The van der Waals surface area contributed by atoms with Gasteiger partial charge in [0.05, 0.1) is 0 Å². The highest BCUT2D eigenvalue weighted by Crippen LogP contribution is 2.24. The summed E-state index contributed by atoms with van der Waals surface area (Å²) in [6.07, 6.45) is 2.17. The van der Waals surface area contributed by atoms with Crippen LogP contribution in [0.25, 0.3) is 0 Å². The summed E-state index contributed by atoms with van der Waals surface area (Å²) in [6, 6.07) is 9.58. The van der Waals surface area contributed by atoms with Gasteiger partial charge in [-0.3, -0.25) is 4.79 Å². The third-order valence-corrected chi connectivity index (χ3v) is 7.58. The zero-order chi connectivity index (χ0) is 20.9. The fourth-order valence-corrected chi connectivity index (χ4v) is 5.47. The van der Waals surface area contributed by atoms with Crippen molar-refractivity contribution in [2.24, 2.45) is 0 Å². The van der Waals surface area contributed by atoms with E-state index in [2.05, 4.69) is 5.32 Å². The minimum Gasteiger partial charge on any atom is -0.352 e. The van der Waals surface area contributed by atoms with Crippen molar-refractivity contribution < 1.29 is 22.0 Å². The summed E-state index contributed by atoms with van der Waals surface area (Å²) in [5.74, 6) is -0.866. The first kappa shape index (κ1) is 21.7. The van der Waals surface area contributed by atoms with E-state index >= 15 is 0 Å². The molecule has 5 nitrogen and oxygen atoms in total. The lowest BCUT2D eigenvalue weighted by atomic mass is 10.2. The first-order valence-corrected chi connectivity index (χ1v) is 11.8. The Bertz CT molecular complexity index is 960. The Morgan fingerprint density at radius 1 is 1.07 bits per heavy atom. The van der Waals surface area contributed by atoms with Crippen LogP contribution >= 0.6 is 11.8 Å². The van der Waals surface area contributed by atoms with Crippen molar-refractivity contribution in [1.82, 2.24) is 9.62 Å². The molecule has 0 saturated carbocycles. The van der Waals surface area contributed by atoms with Crippen LogP contribution in [-0.2, 0) is 10.0 Å². The molecular weight excluding hydrogens is 418 g/mol. The smallest absolute Gasteiger partial charge is 0.251 e. The number of thioether (sulfide) groups is 1. The Hall–Kier alpha value is -1.97. The Balaban J connectivity index is 1.55. The van der Waals surface area contributed by atoms with Gasteiger partial charge in [0.2, 0.25) is 10.0 Å². The van der Waals surface area contributed by atoms with Crippen LogP contribution in [0.5, 0.6) is 0 Å². The van der Waals surface area contributed by atoms with Crippen LogP contribution in [0, 0.1) is 11.6 Å². The van der Waals surface area contributed by atoms with Gasteiger partial charge in [-0.15, -0.1) is 11.8 Å². The molecule has 1 aliphatic rings. The molecule has 1 saturated heterocycles. The molecule has 0 bridgehead atoms. The van der Waals surface area contributed by atoms with Gasteiger partial charge in [0, 0.05) is 30.1 Å². The summed E-state index contributed by atoms with van der Waals surface area (Å²) in [7, 11) is -3.94. The van der Waals surface area contributed by atoms with E-state index in [4.69, 9.17) is 0 Å². The molecule has 0 aliphatic carbocycles. The van der Waals surface area contributed by atoms with E-state index in [1.807, 2.05) is 0 Å². The van der Waals surface area contributed by atoms with Gasteiger partial charge >= 0.3 is 0 Å². The average Bonchev–Trinajstić information content (AvgIpc) is 3.25. The number of amides is 1. The van der Waals surface area contributed by atoms with Crippen LogP contribution in [0.4, 0.5) is 8.78 Å². The SMILES string of the molecule is O=C(NCCCSc1ccc(F)cc1)c1ccc(F)c(S(=O)(=O)N2CCCC2)c1. The second kappa shape index (κ2) is 9.69. The van der Waals surface area contributed by atoms with Gasteiger partial charge in [0.25, 0.3) is 5.91 Å². The zero-order valence-electron chi connectivity index (χ0n) is 15.7. The van der Waals surface area contributed by atoms with Crippen molar-refractivity contribution in [3.8, 4) is 0 Å². The Labute approximate surface area is 173 Å². The van der Waals surface area contributed by atoms with E-state index in [1.165, 1.54) is 22.5 Å². The minimum atomic E-state index is -3.94. The lowest BCUT2D eigenvalue weighted by Gasteiger charge is -2.16. The number of nitrogens with zero attached hydrogens (tertiary/aromatic N) is 1. The number of carbonyl (C=O) groups is 1. The molecule has 0 spiro atoms. The highest BCUT2D eigenvalue weighted by molar-refractivity contribution is 7.99. The van der Waals surface area contributed by atoms with Crippen molar-refractivity contribution >= 4 is 27.7 Å². The molecule has 2 aromatic carbocycles. The fraction of sp³-hybridized carbons (Fsp3) is 0.350. The third kappa shape index (κ3) is 5.55. The molecule has 1 N–H and O–H groups in total. The van der Waals surface area contributed by atoms with Crippen molar-refractivity contribution in [2.45, 2.75) is 29.1 Å². The topological polar surface area (TPSA) is 66.5 Å². The third-order valence-electron chi connectivity index (χ3n) is 4.57. The maximum atomic E-state index is 14.2. The first-order valence-electron chi connectivity index (χ1n) is 9.34. The van der Waals surface area contributed by atoms with E-state index in [-0.39, 0.29) is 11.4 Å². The highest BCUT2D eigenvalue weighted by Gasteiger charge is 2.30. The molecule has 0 radical (unpaired) electrons. The molecule has 0 aromatic heterocycles. The second-order valence-corrected chi connectivity index (χ2v) is 9.74. The largest absolute Gasteiger partial charge is 0.352 e. The Morgan fingerprint density at radius 2 is 1.76 bits per heavy atom. The molecule has 29 heavy (non-hydrogen) atoms. The van der Waals surface area contributed by atoms with Crippen LogP contribution < -0.4 is 5.32 Å². The maximum absolute atomic E-state index is 14.2. The van der Waals surface area contributed by atoms with Crippen molar-refractivity contribution in [3.05, 3.63) is 59.7 Å². The van der Waals surface area contributed by atoms with Crippen molar-refractivity contribution in [2.75, 3.05) is 25.4 Å².